The largest absolute Gasteiger partial charge is 0.298 e. The summed E-state index contributed by atoms with van der Waals surface area (Å²) in [6.45, 7) is 8.19. The van der Waals surface area contributed by atoms with Crippen molar-refractivity contribution in [3.05, 3.63) is 30.3 Å². The maximum Gasteiger partial charge on any atom is 0.188 e. The first-order valence-corrected chi connectivity index (χ1v) is 12.3. The lowest BCUT2D eigenvalue weighted by atomic mass is 10.2. The SMILES string of the molecule is CCCC(=O)C(C[Si](C)(C)C)S(=O)(=O)c1ccccc1. The van der Waals surface area contributed by atoms with Gasteiger partial charge < -0.3 is 0 Å². The van der Waals surface area contributed by atoms with E-state index in [1.807, 2.05) is 6.92 Å². The van der Waals surface area contributed by atoms with Gasteiger partial charge in [-0.15, -0.1) is 0 Å². The Morgan fingerprint density at radius 1 is 1.15 bits per heavy atom. The Labute approximate surface area is 123 Å². The van der Waals surface area contributed by atoms with E-state index in [9.17, 15) is 13.2 Å². The summed E-state index contributed by atoms with van der Waals surface area (Å²) in [6, 6.07) is 8.81. The van der Waals surface area contributed by atoms with Gasteiger partial charge in [-0.05, 0) is 24.6 Å². The standard InChI is InChI=1S/C15H24O3SSi/c1-5-9-14(16)15(12-20(2,3)4)19(17,18)13-10-7-6-8-11-13/h6-8,10-11,15H,5,9,12H2,1-4H3. The number of hydrogen-bond acceptors (Lipinski definition) is 3. The lowest BCUT2D eigenvalue weighted by Crippen LogP contribution is -2.37. The predicted octanol–water partition coefficient (Wildman–Crippen LogP) is 3.54. The van der Waals surface area contributed by atoms with Gasteiger partial charge in [0.25, 0.3) is 0 Å². The molecule has 0 saturated carbocycles. The Morgan fingerprint density at radius 3 is 2.15 bits per heavy atom. The van der Waals surface area contributed by atoms with E-state index in [-0.39, 0.29) is 10.7 Å². The normalized spacial score (nSPS) is 14.0. The second-order valence-electron chi connectivity index (χ2n) is 6.33. The molecule has 0 radical (unpaired) electrons. The zero-order chi connectivity index (χ0) is 15.4. The molecule has 0 bridgehead atoms. The van der Waals surface area contributed by atoms with E-state index in [1.165, 1.54) is 0 Å². The molecule has 0 aromatic heterocycles. The van der Waals surface area contributed by atoms with Crippen LogP contribution in [0.1, 0.15) is 19.8 Å². The highest BCUT2D eigenvalue weighted by atomic mass is 32.2. The van der Waals surface area contributed by atoms with Gasteiger partial charge in [-0.25, -0.2) is 8.42 Å². The summed E-state index contributed by atoms with van der Waals surface area (Å²) >= 11 is 0. The summed E-state index contributed by atoms with van der Waals surface area (Å²) < 4.78 is 25.5. The zero-order valence-electron chi connectivity index (χ0n) is 12.7. The fourth-order valence-corrected chi connectivity index (χ4v) is 7.18. The van der Waals surface area contributed by atoms with Gasteiger partial charge in [-0.3, -0.25) is 4.79 Å². The van der Waals surface area contributed by atoms with Gasteiger partial charge in [0.1, 0.15) is 5.25 Å². The van der Waals surface area contributed by atoms with Crippen molar-refractivity contribution in [2.45, 2.75) is 55.6 Å². The molecule has 0 aliphatic rings. The highest BCUT2D eigenvalue weighted by Crippen LogP contribution is 2.25. The highest BCUT2D eigenvalue weighted by Gasteiger charge is 2.36. The molecule has 112 valence electrons. The van der Waals surface area contributed by atoms with Crippen LogP contribution in [0.4, 0.5) is 0 Å². The smallest absolute Gasteiger partial charge is 0.188 e. The van der Waals surface area contributed by atoms with Gasteiger partial charge in [-0.1, -0.05) is 44.8 Å². The van der Waals surface area contributed by atoms with Crippen molar-refractivity contribution in [3.63, 3.8) is 0 Å². The number of sulfone groups is 1. The van der Waals surface area contributed by atoms with E-state index in [0.29, 0.717) is 18.9 Å². The van der Waals surface area contributed by atoms with Crippen LogP contribution in [0.25, 0.3) is 0 Å². The Hall–Kier alpha value is -0.943. The summed E-state index contributed by atoms with van der Waals surface area (Å²) in [4.78, 5) is 12.5. The molecule has 1 atom stereocenters. The molecule has 20 heavy (non-hydrogen) atoms. The minimum absolute atomic E-state index is 0.140. The Morgan fingerprint density at radius 2 is 1.70 bits per heavy atom. The Kier molecular flexibility index (Phi) is 5.71. The van der Waals surface area contributed by atoms with Gasteiger partial charge in [0.15, 0.2) is 15.6 Å². The van der Waals surface area contributed by atoms with Gasteiger partial charge in [0, 0.05) is 14.5 Å². The van der Waals surface area contributed by atoms with Crippen LogP contribution in [-0.2, 0) is 14.6 Å². The minimum atomic E-state index is -3.57. The quantitative estimate of drug-likeness (QED) is 0.724. The number of hydrogen-bond donors (Lipinski definition) is 0. The van der Waals surface area contributed by atoms with Crippen LogP contribution >= 0.6 is 0 Å². The van der Waals surface area contributed by atoms with Crippen molar-refractivity contribution in [2.24, 2.45) is 0 Å². The van der Waals surface area contributed by atoms with Crippen molar-refractivity contribution in [1.82, 2.24) is 0 Å². The summed E-state index contributed by atoms with van der Waals surface area (Å²) in [6.07, 6.45) is 1.02. The molecule has 5 heteroatoms. The van der Waals surface area contributed by atoms with Crippen LogP contribution in [0.5, 0.6) is 0 Å². The van der Waals surface area contributed by atoms with E-state index in [2.05, 4.69) is 19.6 Å². The Balaban J connectivity index is 3.19. The lowest BCUT2D eigenvalue weighted by Gasteiger charge is -2.23. The molecule has 1 rings (SSSR count). The van der Waals surface area contributed by atoms with E-state index in [4.69, 9.17) is 0 Å². The second-order valence-corrected chi connectivity index (χ2v) is 14.0. The van der Waals surface area contributed by atoms with Crippen LogP contribution < -0.4 is 0 Å². The van der Waals surface area contributed by atoms with Gasteiger partial charge in [-0.2, -0.15) is 0 Å². The summed E-state index contributed by atoms with van der Waals surface area (Å²) in [5.41, 5.74) is 0. The number of carbonyl (C=O) groups excluding carboxylic acids is 1. The first-order valence-electron chi connectivity index (χ1n) is 7.00. The second kappa shape index (κ2) is 6.67. The van der Waals surface area contributed by atoms with E-state index in [1.54, 1.807) is 30.3 Å². The molecule has 0 heterocycles. The molecule has 1 aromatic rings. The molecule has 0 spiro atoms. The molecule has 3 nitrogen and oxygen atoms in total. The zero-order valence-corrected chi connectivity index (χ0v) is 14.5. The molecule has 0 aliphatic heterocycles. The lowest BCUT2D eigenvalue weighted by molar-refractivity contribution is -0.118. The van der Waals surface area contributed by atoms with E-state index in [0.717, 1.165) is 0 Å². The third-order valence-corrected chi connectivity index (χ3v) is 7.14. The van der Waals surface area contributed by atoms with Crippen LogP contribution in [0.2, 0.25) is 25.7 Å². The van der Waals surface area contributed by atoms with Crippen molar-refractivity contribution in [2.75, 3.05) is 0 Å². The molecule has 1 aromatic carbocycles. The molecule has 0 fully saturated rings. The van der Waals surface area contributed by atoms with Crippen molar-refractivity contribution >= 4 is 23.7 Å². The third-order valence-electron chi connectivity index (χ3n) is 3.10. The van der Waals surface area contributed by atoms with Crippen molar-refractivity contribution in [3.8, 4) is 0 Å². The average Bonchev–Trinajstić information content (AvgIpc) is 2.36. The van der Waals surface area contributed by atoms with Crippen LogP contribution in [0, 0.1) is 0 Å². The van der Waals surface area contributed by atoms with E-state index >= 15 is 0 Å². The number of ketones is 1. The molecule has 0 N–H and O–H groups in total. The monoisotopic (exact) mass is 312 g/mol. The molecule has 0 amide bonds. The van der Waals surface area contributed by atoms with E-state index < -0.39 is 23.2 Å². The minimum Gasteiger partial charge on any atom is -0.298 e. The molecular formula is C15H24O3SSi. The van der Waals surface area contributed by atoms with Crippen molar-refractivity contribution in [1.29, 1.82) is 0 Å². The first kappa shape index (κ1) is 17.1. The first-order chi connectivity index (χ1) is 9.18. The fraction of sp³-hybridized carbons (Fsp3) is 0.533. The van der Waals surface area contributed by atoms with Crippen LogP contribution in [0.3, 0.4) is 0 Å². The summed E-state index contributed by atoms with van der Waals surface area (Å²) in [7, 11) is -5.23. The average molecular weight is 313 g/mol. The predicted molar refractivity (Wildman–Crippen MR) is 85.5 cm³/mol. The van der Waals surface area contributed by atoms with Crippen LogP contribution in [0.15, 0.2) is 35.2 Å². The molecule has 0 saturated heterocycles. The number of rotatable bonds is 7. The third kappa shape index (κ3) is 4.56. The highest BCUT2D eigenvalue weighted by molar-refractivity contribution is 7.93. The number of carbonyl (C=O) groups is 1. The Bertz CT molecular complexity index is 544. The van der Waals surface area contributed by atoms with Crippen LogP contribution in [-0.4, -0.2) is 27.5 Å². The topological polar surface area (TPSA) is 51.2 Å². The molecular weight excluding hydrogens is 288 g/mol. The number of benzene rings is 1. The maximum absolute atomic E-state index is 12.7. The number of Topliss-reactive ketones (excluding diaryl/α,β-unsaturated/α-hetero) is 1. The summed E-state index contributed by atoms with van der Waals surface area (Å²) in [5.74, 6) is -0.140. The van der Waals surface area contributed by atoms with Gasteiger partial charge in [0.05, 0.1) is 4.90 Å². The fourth-order valence-electron chi connectivity index (χ4n) is 2.13. The maximum atomic E-state index is 12.7. The van der Waals surface area contributed by atoms with Crippen molar-refractivity contribution < 1.29 is 13.2 Å². The molecule has 1 unspecified atom stereocenters. The molecule has 0 aliphatic carbocycles. The van der Waals surface area contributed by atoms with Gasteiger partial charge in [0.2, 0.25) is 0 Å². The summed E-state index contributed by atoms with van der Waals surface area (Å²) in [5, 5.41) is -0.878. The van der Waals surface area contributed by atoms with Gasteiger partial charge >= 0.3 is 0 Å².